The number of hydrogen-bond acceptors (Lipinski definition) is 5. The fourth-order valence-electron chi connectivity index (χ4n) is 4.54. The smallest absolute Gasteiger partial charge is 0.342 e. The molecular weight excluding hydrogens is 607 g/mol. The number of amides is 1. The highest BCUT2D eigenvalue weighted by molar-refractivity contribution is 6.75. The van der Waals surface area contributed by atoms with E-state index >= 15 is 0 Å². The van der Waals surface area contributed by atoms with E-state index in [1.54, 1.807) is 12.3 Å². The van der Waals surface area contributed by atoms with Gasteiger partial charge < -0.3 is 18.9 Å². The predicted octanol–water partition coefficient (Wildman–Crippen LogP) is 10.1. The lowest BCUT2D eigenvalue weighted by molar-refractivity contribution is -0.115. The molecule has 0 aliphatic carbocycles. The van der Waals surface area contributed by atoms with Crippen LogP contribution >= 0.6 is 0 Å². The lowest BCUT2D eigenvalue weighted by atomic mass is 9.93. The lowest BCUT2D eigenvalue weighted by Gasteiger charge is -2.41. The van der Waals surface area contributed by atoms with Gasteiger partial charge >= 0.3 is 5.97 Å². The summed E-state index contributed by atoms with van der Waals surface area (Å²) in [7, 11) is -4.36. The van der Waals surface area contributed by atoms with Gasteiger partial charge in [-0.1, -0.05) is 104 Å². The van der Waals surface area contributed by atoms with Crippen LogP contribution in [0.25, 0.3) is 0 Å². The van der Waals surface area contributed by atoms with Crippen molar-refractivity contribution in [3.8, 4) is 5.75 Å². The van der Waals surface area contributed by atoms with Crippen molar-refractivity contribution < 1.29 is 23.2 Å². The number of esters is 1. The SMILES string of the molecule is CCC=CC=CC(=O)NC=CCC1C[C@@H](O[Si](C)(C)C(C)(C)C)[C@@H](C)CC=CCc2cccc(O[Si](C)(C)C(C)(C)C)c2C(=O)O1. The number of ether oxygens (including phenoxy) is 1. The molecule has 1 amide bonds. The summed E-state index contributed by atoms with van der Waals surface area (Å²) in [6.45, 7) is 26.5. The quantitative estimate of drug-likeness (QED) is 0.0884. The Labute approximate surface area is 282 Å². The first-order valence-electron chi connectivity index (χ1n) is 16.9. The fraction of sp³-hybridized carbons (Fsp3) is 0.579. The summed E-state index contributed by atoms with van der Waals surface area (Å²) in [5.74, 6) is 0.217. The molecule has 1 unspecified atom stereocenters. The minimum absolute atomic E-state index is 0.0331. The van der Waals surface area contributed by atoms with Gasteiger partial charge in [0.15, 0.2) is 8.32 Å². The van der Waals surface area contributed by atoms with E-state index in [1.807, 2.05) is 43.4 Å². The van der Waals surface area contributed by atoms with Crippen molar-refractivity contribution in [3.05, 3.63) is 78.1 Å². The Morgan fingerprint density at radius 3 is 2.30 bits per heavy atom. The Morgan fingerprint density at radius 1 is 1.00 bits per heavy atom. The van der Waals surface area contributed by atoms with E-state index < -0.39 is 22.7 Å². The van der Waals surface area contributed by atoms with Crippen molar-refractivity contribution in [2.75, 3.05) is 0 Å². The average Bonchev–Trinajstić information content (AvgIpc) is 2.93. The van der Waals surface area contributed by atoms with Gasteiger partial charge in [0, 0.05) is 25.1 Å². The molecule has 0 fully saturated rings. The highest BCUT2D eigenvalue weighted by atomic mass is 28.4. The molecule has 0 aromatic heterocycles. The molecule has 1 aliphatic heterocycles. The van der Waals surface area contributed by atoms with Crippen LogP contribution in [0.1, 0.15) is 97.0 Å². The number of benzene rings is 1. The third kappa shape index (κ3) is 11.8. The van der Waals surface area contributed by atoms with Crippen LogP contribution < -0.4 is 9.74 Å². The van der Waals surface area contributed by atoms with E-state index in [2.05, 4.69) is 92.1 Å². The first-order valence-corrected chi connectivity index (χ1v) is 22.7. The zero-order valence-corrected chi connectivity index (χ0v) is 32.7. The van der Waals surface area contributed by atoms with Crippen molar-refractivity contribution in [1.82, 2.24) is 5.32 Å². The standard InChI is InChI=1S/C38H61NO5Si2/c1-13-14-15-16-26-34(40)39-27-20-24-31-28-33(44-46(11,12)38(6,7)8)29(2)21-17-18-22-30-23-19-25-32(35(30)36(41)42-31)43-45(9,10)37(3,4)5/h14-20,23,25-27,29,31,33H,13,21-22,24,28H2,1-12H3,(H,39,40)/t29-,31?,33+/m0/s1. The third-order valence-electron chi connectivity index (χ3n) is 9.63. The number of cyclic esters (lactones) is 1. The second-order valence-electron chi connectivity index (χ2n) is 15.6. The van der Waals surface area contributed by atoms with E-state index in [1.165, 1.54) is 6.08 Å². The Hall–Kier alpha value is -2.69. The van der Waals surface area contributed by atoms with Gasteiger partial charge in [0.2, 0.25) is 5.91 Å². The predicted molar refractivity (Wildman–Crippen MR) is 197 cm³/mol. The zero-order chi connectivity index (χ0) is 34.8. The van der Waals surface area contributed by atoms with Crippen LogP contribution in [0.3, 0.4) is 0 Å². The molecule has 1 aliphatic rings. The van der Waals surface area contributed by atoms with Gasteiger partial charge in [0.05, 0.1) is 6.10 Å². The largest absolute Gasteiger partial charge is 0.543 e. The van der Waals surface area contributed by atoms with Gasteiger partial charge in [-0.05, 0) is 73.1 Å². The topological polar surface area (TPSA) is 73.9 Å². The number of nitrogens with one attached hydrogen (secondary N) is 1. The molecule has 6 nitrogen and oxygen atoms in total. The van der Waals surface area contributed by atoms with E-state index in [4.69, 9.17) is 13.6 Å². The van der Waals surface area contributed by atoms with E-state index in [0.717, 1.165) is 18.4 Å². The number of fused-ring (bicyclic) bond motifs is 1. The molecule has 46 heavy (non-hydrogen) atoms. The molecule has 0 bridgehead atoms. The van der Waals surface area contributed by atoms with Gasteiger partial charge in [-0.15, -0.1) is 0 Å². The maximum Gasteiger partial charge on any atom is 0.342 e. The van der Waals surface area contributed by atoms with Gasteiger partial charge in [-0.25, -0.2) is 4.79 Å². The van der Waals surface area contributed by atoms with Crippen molar-refractivity contribution in [1.29, 1.82) is 0 Å². The molecule has 0 radical (unpaired) electrons. The van der Waals surface area contributed by atoms with Gasteiger partial charge in [-0.2, -0.15) is 0 Å². The van der Waals surface area contributed by atoms with Crippen LogP contribution in [-0.4, -0.2) is 40.7 Å². The van der Waals surface area contributed by atoms with Crippen molar-refractivity contribution >= 4 is 28.5 Å². The highest BCUT2D eigenvalue weighted by Gasteiger charge is 2.42. The Balaban J connectivity index is 2.50. The number of hydrogen-bond donors (Lipinski definition) is 1. The molecule has 0 saturated heterocycles. The molecule has 1 aromatic rings. The Bertz CT molecular complexity index is 1280. The maximum atomic E-state index is 14.2. The molecule has 0 spiro atoms. The molecule has 3 atom stereocenters. The normalized spacial score (nSPS) is 20.8. The van der Waals surface area contributed by atoms with E-state index in [9.17, 15) is 9.59 Å². The van der Waals surface area contributed by atoms with Gasteiger partial charge in [-0.3, -0.25) is 4.79 Å². The average molecular weight is 668 g/mol. The molecule has 1 heterocycles. The highest BCUT2D eigenvalue weighted by Crippen LogP contribution is 2.41. The molecule has 1 aromatic carbocycles. The number of allylic oxidation sites excluding steroid dienone is 5. The summed E-state index contributed by atoms with van der Waals surface area (Å²) < 4.78 is 20.1. The summed E-state index contributed by atoms with van der Waals surface area (Å²) in [4.78, 5) is 26.4. The second-order valence-corrected chi connectivity index (χ2v) is 25.0. The summed E-state index contributed by atoms with van der Waals surface area (Å²) in [5, 5.41) is 2.80. The molecule has 1 N–H and O–H groups in total. The van der Waals surface area contributed by atoms with Crippen LogP contribution in [-0.2, 0) is 20.4 Å². The lowest BCUT2D eigenvalue weighted by Crippen LogP contribution is -2.46. The monoisotopic (exact) mass is 667 g/mol. The first-order chi connectivity index (χ1) is 21.3. The van der Waals surface area contributed by atoms with E-state index in [0.29, 0.717) is 30.6 Å². The van der Waals surface area contributed by atoms with Crippen molar-refractivity contribution in [2.24, 2.45) is 5.92 Å². The maximum absolute atomic E-state index is 14.2. The second kappa shape index (κ2) is 16.9. The minimum Gasteiger partial charge on any atom is -0.543 e. The summed E-state index contributed by atoms with van der Waals surface area (Å²) in [6.07, 6.45) is 17.7. The molecular formula is C38H61NO5Si2. The molecule has 8 heteroatoms. The number of carbonyl (C=O) groups is 2. The summed E-state index contributed by atoms with van der Waals surface area (Å²) >= 11 is 0. The summed E-state index contributed by atoms with van der Waals surface area (Å²) in [6, 6.07) is 5.86. The van der Waals surface area contributed by atoms with Gasteiger partial charge in [0.25, 0.3) is 8.32 Å². The zero-order valence-electron chi connectivity index (χ0n) is 30.7. The van der Waals surface area contributed by atoms with Crippen LogP contribution in [0, 0.1) is 5.92 Å². The minimum atomic E-state index is -2.24. The number of rotatable bonds is 10. The molecule has 0 saturated carbocycles. The van der Waals surface area contributed by atoms with Gasteiger partial charge in [0.1, 0.15) is 17.4 Å². The van der Waals surface area contributed by atoms with Crippen LogP contribution in [0.5, 0.6) is 5.75 Å². The molecule has 2 rings (SSSR count). The van der Waals surface area contributed by atoms with Crippen LogP contribution in [0.15, 0.2) is 66.9 Å². The third-order valence-corrected chi connectivity index (χ3v) is 18.5. The van der Waals surface area contributed by atoms with Crippen molar-refractivity contribution in [3.63, 3.8) is 0 Å². The molecule has 256 valence electrons. The summed E-state index contributed by atoms with van der Waals surface area (Å²) in [5.41, 5.74) is 1.39. The van der Waals surface area contributed by atoms with Crippen LogP contribution in [0.2, 0.25) is 36.3 Å². The van der Waals surface area contributed by atoms with Crippen molar-refractivity contribution in [2.45, 2.75) is 136 Å². The van der Waals surface area contributed by atoms with Crippen LogP contribution in [0.4, 0.5) is 0 Å². The first kappa shape index (κ1) is 39.5. The Kier molecular flexibility index (Phi) is 14.5. The Morgan fingerprint density at radius 2 is 1.67 bits per heavy atom. The fourth-order valence-corrected chi connectivity index (χ4v) is 7.01. The van der Waals surface area contributed by atoms with E-state index in [-0.39, 0.29) is 34.0 Å². The number of carbonyl (C=O) groups excluding carboxylic acids is 2.